The minimum atomic E-state index is 0. The number of benzene rings is 3. The SMILES string of the molecule is Cl.Clc1ccc(OCc2ccccc2Cl)c(CNCc2ccccc2Cl)c1. The number of halogens is 4. The van der Waals surface area contributed by atoms with Crippen molar-refractivity contribution in [2.75, 3.05) is 0 Å². The second kappa shape index (κ2) is 10.8. The third-order valence-corrected chi connectivity index (χ3v) is 4.92. The van der Waals surface area contributed by atoms with Gasteiger partial charge < -0.3 is 10.1 Å². The van der Waals surface area contributed by atoms with Gasteiger partial charge in [-0.2, -0.15) is 0 Å². The molecule has 0 aliphatic heterocycles. The maximum Gasteiger partial charge on any atom is 0.124 e. The first-order chi connectivity index (χ1) is 12.6. The van der Waals surface area contributed by atoms with Crippen molar-refractivity contribution in [3.63, 3.8) is 0 Å². The first-order valence-corrected chi connectivity index (χ1v) is 9.35. The van der Waals surface area contributed by atoms with Gasteiger partial charge in [0.15, 0.2) is 0 Å². The van der Waals surface area contributed by atoms with Gasteiger partial charge >= 0.3 is 0 Å². The smallest absolute Gasteiger partial charge is 0.124 e. The standard InChI is InChI=1S/C21H18Cl3NO.ClH/c22-18-9-10-21(26-14-16-6-2-4-8-20(16)24)17(11-18)13-25-12-15-5-1-3-7-19(15)23;/h1-11,25H,12-14H2;1H. The van der Waals surface area contributed by atoms with Crippen molar-refractivity contribution in [3.05, 3.63) is 98.5 Å². The van der Waals surface area contributed by atoms with E-state index >= 15 is 0 Å². The highest BCUT2D eigenvalue weighted by Gasteiger charge is 2.07. The fourth-order valence-corrected chi connectivity index (χ4v) is 3.16. The first-order valence-electron chi connectivity index (χ1n) is 8.22. The molecule has 0 aromatic heterocycles. The minimum absolute atomic E-state index is 0. The molecule has 0 radical (unpaired) electrons. The van der Waals surface area contributed by atoms with Crippen molar-refractivity contribution in [3.8, 4) is 5.75 Å². The lowest BCUT2D eigenvalue weighted by Crippen LogP contribution is -2.14. The molecular formula is C21H19Cl4NO. The fraction of sp³-hybridized carbons (Fsp3) is 0.143. The zero-order valence-corrected chi connectivity index (χ0v) is 17.5. The predicted molar refractivity (Wildman–Crippen MR) is 116 cm³/mol. The third kappa shape index (κ3) is 6.31. The molecular weight excluding hydrogens is 424 g/mol. The van der Waals surface area contributed by atoms with Crippen LogP contribution in [0.15, 0.2) is 66.7 Å². The van der Waals surface area contributed by atoms with Crippen LogP contribution in [0.1, 0.15) is 16.7 Å². The van der Waals surface area contributed by atoms with E-state index in [4.69, 9.17) is 39.5 Å². The van der Waals surface area contributed by atoms with E-state index in [-0.39, 0.29) is 12.4 Å². The molecule has 6 heteroatoms. The average Bonchev–Trinajstić information content (AvgIpc) is 2.64. The summed E-state index contributed by atoms with van der Waals surface area (Å²) in [4.78, 5) is 0. The second-order valence-electron chi connectivity index (χ2n) is 5.83. The van der Waals surface area contributed by atoms with E-state index < -0.39 is 0 Å². The van der Waals surface area contributed by atoms with Gasteiger partial charge in [-0.25, -0.2) is 0 Å². The zero-order chi connectivity index (χ0) is 18.4. The van der Waals surface area contributed by atoms with Gasteiger partial charge in [-0.1, -0.05) is 71.2 Å². The molecule has 0 bridgehead atoms. The van der Waals surface area contributed by atoms with Crippen LogP contribution >= 0.6 is 47.2 Å². The van der Waals surface area contributed by atoms with E-state index in [0.29, 0.717) is 29.7 Å². The highest BCUT2D eigenvalue weighted by Crippen LogP contribution is 2.25. The predicted octanol–water partition coefficient (Wildman–Crippen LogP) is 6.94. The van der Waals surface area contributed by atoms with Gasteiger partial charge in [0.2, 0.25) is 0 Å². The Kier molecular flexibility index (Phi) is 8.75. The van der Waals surface area contributed by atoms with Crippen LogP contribution in [0.25, 0.3) is 0 Å². The lowest BCUT2D eigenvalue weighted by Gasteiger charge is -2.14. The quantitative estimate of drug-likeness (QED) is 0.427. The topological polar surface area (TPSA) is 21.3 Å². The minimum Gasteiger partial charge on any atom is -0.489 e. The van der Waals surface area contributed by atoms with E-state index in [1.165, 1.54) is 0 Å². The van der Waals surface area contributed by atoms with Gasteiger partial charge in [0.05, 0.1) is 0 Å². The fourth-order valence-electron chi connectivity index (χ4n) is 2.57. The number of hydrogen-bond donors (Lipinski definition) is 1. The molecule has 3 aromatic carbocycles. The molecule has 0 fully saturated rings. The zero-order valence-electron chi connectivity index (χ0n) is 14.4. The maximum atomic E-state index is 6.20. The van der Waals surface area contributed by atoms with E-state index in [0.717, 1.165) is 27.5 Å². The summed E-state index contributed by atoms with van der Waals surface area (Å²) < 4.78 is 5.98. The molecule has 0 saturated carbocycles. The highest BCUT2D eigenvalue weighted by atomic mass is 35.5. The molecule has 0 saturated heterocycles. The van der Waals surface area contributed by atoms with Crippen LogP contribution in [0.3, 0.4) is 0 Å². The molecule has 0 heterocycles. The summed E-state index contributed by atoms with van der Waals surface area (Å²) in [6.07, 6.45) is 0. The lowest BCUT2D eigenvalue weighted by molar-refractivity contribution is 0.302. The normalized spacial score (nSPS) is 10.3. The Balaban J connectivity index is 0.00000261. The van der Waals surface area contributed by atoms with Crippen molar-refractivity contribution in [2.24, 2.45) is 0 Å². The Hall–Kier alpha value is -1.42. The van der Waals surface area contributed by atoms with Crippen LogP contribution < -0.4 is 10.1 Å². The molecule has 3 aromatic rings. The third-order valence-electron chi connectivity index (χ3n) is 3.95. The summed E-state index contributed by atoms with van der Waals surface area (Å²) in [6, 6.07) is 21.0. The number of rotatable bonds is 7. The van der Waals surface area contributed by atoms with E-state index in [9.17, 15) is 0 Å². The molecule has 0 aliphatic carbocycles. The molecule has 0 aliphatic rings. The Morgan fingerprint density at radius 2 is 1.30 bits per heavy atom. The Labute approximate surface area is 180 Å². The molecule has 142 valence electrons. The molecule has 3 rings (SSSR count). The van der Waals surface area contributed by atoms with E-state index in [1.54, 1.807) is 0 Å². The summed E-state index contributed by atoms with van der Waals surface area (Å²) in [5.74, 6) is 0.779. The number of hydrogen-bond acceptors (Lipinski definition) is 2. The number of nitrogens with one attached hydrogen (secondary N) is 1. The Bertz CT molecular complexity index is 886. The maximum absolute atomic E-state index is 6.20. The first kappa shape index (κ1) is 21.9. The van der Waals surface area contributed by atoms with Gasteiger partial charge in [-0.3, -0.25) is 0 Å². The van der Waals surface area contributed by atoms with E-state index in [1.807, 2.05) is 66.7 Å². The molecule has 0 spiro atoms. The molecule has 27 heavy (non-hydrogen) atoms. The van der Waals surface area contributed by atoms with E-state index in [2.05, 4.69) is 5.32 Å². The Morgan fingerprint density at radius 1 is 0.704 bits per heavy atom. The summed E-state index contributed by atoms with van der Waals surface area (Å²) in [7, 11) is 0. The molecule has 1 N–H and O–H groups in total. The van der Waals surface area contributed by atoms with Crippen molar-refractivity contribution in [1.82, 2.24) is 5.32 Å². The summed E-state index contributed by atoms with van der Waals surface area (Å²) in [6.45, 7) is 1.68. The molecule has 0 amide bonds. The van der Waals surface area contributed by atoms with Gasteiger partial charge in [0, 0.05) is 39.3 Å². The Morgan fingerprint density at radius 3 is 1.96 bits per heavy atom. The van der Waals surface area contributed by atoms with Crippen LogP contribution in [0, 0.1) is 0 Å². The van der Waals surface area contributed by atoms with Crippen molar-refractivity contribution < 1.29 is 4.74 Å². The summed E-state index contributed by atoms with van der Waals surface area (Å²) in [5, 5.41) is 5.50. The van der Waals surface area contributed by atoms with Gasteiger partial charge in [-0.15, -0.1) is 12.4 Å². The molecule has 0 atom stereocenters. The van der Waals surface area contributed by atoms with Gasteiger partial charge in [-0.05, 0) is 35.9 Å². The van der Waals surface area contributed by atoms with Crippen molar-refractivity contribution in [1.29, 1.82) is 0 Å². The number of ether oxygens (including phenoxy) is 1. The van der Waals surface area contributed by atoms with Crippen LogP contribution in [0.2, 0.25) is 15.1 Å². The van der Waals surface area contributed by atoms with Crippen LogP contribution in [0.4, 0.5) is 0 Å². The van der Waals surface area contributed by atoms with Gasteiger partial charge in [0.25, 0.3) is 0 Å². The van der Waals surface area contributed by atoms with Crippen molar-refractivity contribution in [2.45, 2.75) is 19.7 Å². The monoisotopic (exact) mass is 441 g/mol. The highest BCUT2D eigenvalue weighted by molar-refractivity contribution is 6.31. The van der Waals surface area contributed by atoms with Crippen LogP contribution in [0.5, 0.6) is 5.75 Å². The van der Waals surface area contributed by atoms with Gasteiger partial charge in [0.1, 0.15) is 12.4 Å². The lowest BCUT2D eigenvalue weighted by atomic mass is 10.1. The molecule has 0 unspecified atom stereocenters. The summed E-state index contributed by atoms with van der Waals surface area (Å²) in [5.41, 5.74) is 2.98. The average molecular weight is 443 g/mol. The van der Waals surface area contributed by atoms with Crippen LogP contribution in [-0.4, -0.2) is 0 Å². The second-order valence-corrected chi connectivity index (χ2v) is 7.08. The van der Waals surface area contributed by atoms with Crippen molar-refractivity contribution >= 4 is 47.2 Å². The largest absolute Gasteiger partial charge is 0.489 e. The molecule has 2 nitrogen and oxygen atoms in total. The van der Waals surface area contributed by atoms with Crippen LogP contribution in [-0.2, 0) is 19.7 Å². The summed E-state index contributed by atoms with van der Waals surface area (Å²) >= 11 is 18.5.